The van der Waals surface area contributed by atoms with Crippen molar-refractivity contribution in [2.24, 2.45) is 11.1 Å². The Labute approximate surface area is 116 Å². The number of nitrogens with zero attached hydrogens (tertiary/aromatic N) is 2. The van der Waals surface area contributed by atoms with Crippen molar-refractivity contribution in [2.75, 3.05) is 0 Å². The standard InChI is InChI=1S/C15H28N4/c1-15(2,3)14(10-19-9-8-17-11-19)18-13-6-4-12(16)5-7-13/h8-9,11-14,18H,4-7,10,16H2,1-3H3. The van der Waals surface area contributed by atoms with Gasteiger partial charge in [0.25, 0.3) is 0 Å². The van der Waals surface area contributed by atoms with Gasteiger partial charge in [-0.3, -0.25) is 0 Å². The maximum absolute atomic E-state index is 5.98. The molecule has 0 spiro atoms. The third-order valence-corrected chi connectivity index (χ3v) is 4.21. The third-order valence-electron chi connectivity index (χ3n) is 4.21. The largest absolute Gasteiger partial charge is 0.336 e. The van der Waals surface area contributed by atoms with Crippen molar-refractivity contribution < 1.29 is 0 Å². The van der Waals surface area contributed by atoms with Gasteiger partial charge in [-0.15, -0.1) is 0 Å². The molecule has 1 aliphatic carbocycles. The van der Waals surface area contributed by atoms with Gasteiger partial charge in [-0.1, -0.05) is 20.8 Å². The highest BCUT2D eigenvalue weighted by Gasteiger charge is 2.28. The summed E-state index contributed by atoms with van der Waals surface area (Å²) in [6.07, 6.45) is 10.5. The Morgan fingerprint density at radius 2 is 2.00 bits per heavy atom. The number of hydrogen-bond donors (Lipinski definition) is 2. The van der Waals surface area contributed by atoms with Crippen LogP contribution < -0.4 is 11.1 Å². The zero-order valence-electron chi connectivity index (χ0n) is 12.5. The maximum Gasteiger partial charge on any atom is 0.0946 e. The summed E-state index contributed by atoms with van der Waals surface area (Å²) in [7, 11) is 0. The summed E-state index contributed by atoms with van der Waals surface area (Å²) in [6, 6.07) is 1.49. The van der Waals surface area contributed by atoms with Crippen LogP contribution in [-0.2, 0) is 6.54 Å². The van der Waals surface area contributed by atoms with Gasteiger partial charge in [0.05, 0.1) is 6.33 Å². The average Bonchev–Trinajstić information content (AvgIpc) is 2.83. The van der Waals surface area contributed by atoms with Gasteiger partial charge in [0, 0.05) is 37.1 Å². The monoisotopic (exact) mass is 264 g/mol. The molecule has 3 N–H and O–H groups in total. The van der Waals surface area contributed by atoms with Crippen molar-refractivity contribution in [3.63, 3.8) is 0 Å². The highest BCUT2D eigenvalue weighted by Crippen LogP contribution is 2.24. The normalized spacial score (nSPS) is 26.3. The van der Waals surface area contributed by atoms with E-state index >= 15 is 0 Å². The molecule has 0 bridgehead atoms. The summed E-state index contributed by atoms with van der Waals surface area (Å²) < 4.78 is 2.16. The highest BCUT2D eigenvalue weighted by molar-refractivity contribution is 4.88. The maximum atomic E-state index is 5.98. The molecule has 0 saturated heterocycles. The molecule has 1 unspecified atom stereocenters. The molecule has 0 aromatic carbocycles. The van der Waals surface area contributed by atoms with Crippen LogP contribution in [0.5, 0.6) is 0 Å². The molecule has 1 atom stereocenters. The molecular weight excluding hydrogens is 236 g/mol. The molecule has 0 aliphatic heterocycles. The molecule has 4 nitrogen and oxygen atoms in total. The fourth-order valence-corrected chi connectivity index (χ4v) is 2.75. The molecule has 0 radical (unpaired) electrons. The van der Waals surface area contributed by atoms with Crippen LogP contribution in [0.2, 0.25) is 0 Å². The second-order valence-corrected chi connectivity index (χ2v) is 6.96. The van der Waals surface area contributed by atoms with E-state index in [0.717, 1.165) is 19.4 Å². The minimum Gasteiger partial charge on any atom is -0.336 e. The third kappa shape index (κ3) is 4.32. The van der Waals surface area contributed by atoms with E-state index in [1.807, 2.05) is 18.7 Å². The van der Waals surface area contributed by atoms with Crippen LogP contribution in [-0.4, -0.2) is 27.7 Å². The molecule has 1 aromatic heterocycles. The van der Waals surface area contributed by atoms with Crippen LogP contribution in [0.4, 0.5) is 0 Å². The van der Waals surface area contributed by atoms with E-state index < -0.39 is 0 Å². The second kappa shape index (κ2) is 6.06. The van der Waals surface area contributed by atoms with Crippen LogP contribution in [0.25, 0.3) is 0 Å². The van der Waals surface area contributed by atoms with Gasteiger partial charge in [0.2, 0.25) is 0 Å². The first kappa shape index (κ1) is 14.5. The number of nitrogens with one attached hydrogen (secondary N) is 1. The van der Waals surface area contributed by atoms with Crippen molar-refractivity contribution in [3.05, 3.63) is 18.7 Å². The Bertz CT molecular complexity index is 358. The minimum atomic E-state index is 0.240. The molecule has 0 amide bonds. The second-order valence-electron chi connectivity index (χ2n) is 6.96. The van der Waals surface area contributed by atoms with E-state index in [-0.39, 0.29) is 5.41 Å². The Hall–Kier alpha value is -0.870. The fraction of sp³-hybridized carbons (Fsp3) is 0.800. The predicted molar refractivity (Wildman–Crippen MR) is 78.8 cm³/mol. The Morgan fingerprint density at radius 1 is 1.32 bits per heavy atom. The first-order chi connectivity index (χ1) is 8.95. The number of rotatable bonds is 4. The molecule has 4 heteroatoms. The SMILES string of the molecule is CC(C)(C)C(Cn1ccnc1)NC1CCC(N)CC1. The molecule has 108 valence electrons. The number of imidazole rings is 1. The van der Waals surface area contributed by atoms with E-state index in [0.29, 0.717) is 18.1 Å². The van der Waals surface area contributed by atoms with E-state index in [1.165, 1.54) is 12.8 Å². The van der Waals surface area contributed by atoms with Crippen LogP contribution in [0.3, 0.4) is 0 Å². The first-order valence-corrected chi connectivity index (χ1v) is 7.42. The van der Waals surface area contributed by atoms with Crippen LogP contribution in [0.1, 0.15) is 46.5 Å². The Kier molecular flexibility index (Phi) is 4.63. The van der Waals surface area contributed by atoms with Crippen molar-refractivity contribution in [1.82, 2.24) is 14.9 Å². The Morgan fingerprint density at radius 3 is 2.53 bits per heavy atom. The van der Waals surface area contributed by atoms with E-state index in [4.69, 9.17) is 5.73 Å². The van der Waals surface area contributed by atoms with Gasteiger partial charge in [0.1, 0.15) is 0 Å². The van der Waals surface area contributed by atoms with E-state index in [9.17, 15) is 0 Å². The zero-order chi connectivity index (χ0) is 13.9. The first-order valence-electron chi connectivity index (χ1n) is 7.42. The molecule has 19 heavy (non-hydrogen) atoms. The predicted octanol–water partition coefficient (Wildman–Crippen LogP) is 2.16. The van der Waals surface area contributed by atoms with Crippen LogP contribution in [0.15, 0.2) is 18.7 Å². The van der Waals surface area contributed by atoms with Gasteiger partial charge in [-0.2, -0.15) is 0 Å². The van der Waals surface area contributed by atoms with Crippen LogP contribution in [0, 0.1) is 5.41 Å². The van der Waals surface area contributed by atoms with Crippen molar-refractivity contribution >= 4 is 0 Å². The highest BCUT2D eigenvalue weighted by atomic mass is 15.1. The van der Waals surface area contributed by atoms with Crippen LogP contribution >= 0.6 is 0 Å². The van der Waals surface area contributed by atoms with Crippen molar-refractivity contribution in [3.8, 4) is 0 Å². The summed E-state index contributed by atoms with van der Waals surface area (Å²) in [6.45, 7) is 7.88. The lowest BCUT2D eigenvalue weighted by Gasteiger charge is -2.37. The average molecular weight is 264 g/mol. The van der Waals surface area contributed by atoms with Gasteiger partial charge >= 0.3 is 0 Å². The molecule has 1 fully saturated rings. The Balaban J connectivity index is 1.94. The molecule has 2 rings (SSSR count). The number of aromatic nitrogens is 2. The molecule has 1 heterocycles. The van der Waals surface area contributed by atoms with E-state index in [2.05, 4.69) is 35.6 Å². The van der Waals surface area contributed by atoms with Gasteiger partial charge in [0.15, 0.2) is 0 Å². The van der Waals surface area contributed by atoms with Gasteiger partial charge < -0.3 is 15.6 Å². The fourth-order valence-electron chi connectivity index (χ4n) is 2.75. The molecule has 1 aromatic rings. The number of nitrogens with two attached hydrogens (primary N) is 1. The van der Waals surface area contributed by atoms with Gasteiger partial charge in [-0.25, -0.2) is 4.98 Å². The zero-order valence-corrected chi connectivity index (χ0v) is 12.5. The molecular formula is C15H28N4. The summed E-state index contributed by atoms with van der Waals surface area (Å²) in [4.78, 5) is 4.13. The van der Waals surface area contributed by atoms with E-state index in [1.54, 1.807) is 0 Å². The summed E-state index contributed by atoms with van der Waals surface area (Å²) >= 11 is 0. The lowest BCUT2D eigenvalue weighted by Crippen LogP contribution is -2.50. The topological polar surface area (TPSA) is 55.9 Å². The summed E-state index contributed by atoms with van der Waals surface area (Å²) in [5.74, 6) is 0. The van der Waals surface area contributed by atoms with Crippen molar-refractivity contribution in [1.29, 1.82) is 0 Å². The molecule has 1 saturated carbocycles. The van der Waals surface area contributed by atoms with Gasteiger partial charge in [-0.05, 0) is 31.1 Å². The quantitative estimate of drug-likeness (QED) is 0.876. The number of hydrogen-bond acceptors (Lipinski definition) is 3. The smallest absolute Gasteiger partial charge is 0.0946 e. The minimum absolute atomic E-state index is 0.240. The lowest BCUT2D eigenvalue weighted by atomic mass is 9.84. The summed E-state index contributed by atoms with van der Waals surface area (Å²) in [5, 5.41) is 3.85. The van der Waals surface area contributed by atoms with Crippen molar-refractivity contribution in [2.45, 2.75) is 71.1 Å². The lowest BCUT2D eigenvalue weighted by molar-refractivity contribution is 0.199. The molecule has 1 aliphatic rings. The summed E-state index contributed by atoms with van der Waals surface area (Å²) in [5.41, 5.74) is 6.22.